The largest absolute Gasteiger partial charge is 0.490 e. The highest BCUT2D eigenvalue weighted by atomic mass is 79.9. The first kappa shape index (κ1) is 14.4. The van der Waals surface area contributed by atoms with E-state index in [9.17, 15) is 0 Å². The molecule has 0 unspecified atom stereocenters. The maximum Gasteiger partial charge on any atom is 0.138 e. The molecule has 3 nitrogen and oxygen atoms in total. The number of benzene rings is 1. The lowest BCUT2D eigenvalue weighted by atomic mass is 9.92. The second-order valence-corrected chi connectivity index (χ2v) is 6.14. The van der Waals surface area contributed by atoms with Gasteiger partial charge in [0.25, 0.3) is 0 Å². The van der Waals surface area contributed by atoms with Crippen molar-refractivity contribution in [1.29, 1.82) is 5.26 Å². The molecule has 0 amide bonds. The van der Waals surface area contributed by atoms with Crippen LogP contribution in [0.3, 0.4) is 0 Å². The van der Waals surface area contributed by atoms with E-state index in [1.165, 1.54) is 25.7 Å². The van der Waals surface area contributed by atoms with Crippen molar-refractivity contribution < 1.29 is 4.74 Å². The Kier molecular flexibility index (Phi) is 4.84. The maximum absolute atomic E-state index is 9.15. The Hall–Kier alpha value is -1.05. The molecule has 102 valence electrons. The van der Waals surface area contributed by atoms with Crippen molar-refractivity contribution in [3.8, 4) is 11.8 Å². The zero-order valence-corrected chi connectivity index (χ0v) is 12.6. The number of nitrogens with two attached hydrogens (primary N) is 1. The standard InChI is InChI=1S/C15H19BrN2O/c16-13-6-5-7-14(12(13)10-17)19-11-15(18)8-3-1-2-4-9-15/h5-7H,1-4,8-9,11,18H2. The second-order valence-electron chi connectivity index (χ2n) is 5.29. The maximum atomic E-state index is 9.15. The number of nitrogens with zero attached hydrogens (tertiary/aromatic N) is 1. The lowest BCUT2D eigenvalue weighted by molar-refractivity contribution is 0.199. The summed E-state index contributed by atoms with van der Waals surface area (Å²) in [6.07, 6.45) is 6.87. The molecule has 4 heteroatoms. The summed E-state index contributed by atoms with van der Waals surface area (Å²) in [5.41, 5.74) is 6.71. The van der Waals surface area contributed by atoms with Crippen LogP contribution in [-0.2, 0) is 0 Å². The van der Waals surface area contributed by atoms with Gasteiger partial charge >= 0.3 is 0 Å². The van der Waals surface area contributed by atoms with Crippen LogP contribution in [0.25, 0.3) is 0 Å². The van der Waals surface area contributed by atoms with E-state index in [0.29, 0.717) is 17.9 Å². The number of hydrogen-bond donors (Lipinski definition) is 1. The summed E-state index contributed by atoms with van der Waals surface area (Å²) in [5, 5.41) is 9.15. The molecular weight excluding hydrogens is 304 g/mol. The van der Waals surface area contributed by atoms with E-state index in [4.69, 9.17) is 15.7 Å². The van der Waals surface area contributed by atoms with Gasteiger partial charge in [0.1, 0.15) is 24.0 Å². The Morgan fingerprint density at radius 2 is 1.95 bits per heavy atom. The molecule has 2 rings (SSSR count). The second kappa shape index (κ2) is 6.40. The average molecular weight is 323 g/mol. The predicted octanol–water partition coefficient (Wildman–Crippen LogP) is 3.75. The molecule has 1 fully saturated rings. The van der Waals surface area contributed by atoms with Gasteiger partial charge < -0.3 is 10.5 Å². The van der Waals surface area contributed by atoms with Crippen LogP contribution in [0.15, 0.2) is 22.7 Å². The summed E-state index contributed by atoms with van der Waals surface area (Å²) < 4.78 is 6.59. The molecule has 1 aliphatic rings. The minimum Gasteiger partial charge on any atom is -0.490 e. The van der Waals surface area contributed by atoms with E-state index < -0.39 is 0 Å². The Morgan fingerprint density at radius 1 is 1.26 bits per heavy atom. The third-order valence-corrected chi connectivity index (χ3v) is 4.36. The smallest absolute Gasteiger partial charge is 0.138 e. The minimum absolute atomic E-state index is 0.245. The fourth-order valence-corrected chi connectivity index (χ4v) is 2.97. The Morgan fingerprint density at radius 3 is 2.58 bits per heavy atom. The zero-order valence-electron chi connectivity index (χ0n) is 11.0. The fraction of sp³-hybridized carbons (Fsp3) is 0.533. The van der Waals surface area contributed by atoms with Crippen LogP contribution in [0.5, 0.6) is 5.75 Å². The van der Waals surface area contributed by atoms with Crippen molar-refractivity contribution >= 4 is 15.9 Å². The summed E-state index contributed by atoms with van der Waals surface area (Å²) in [6.45, 7) is 0.484. The number of hydrogen-bond acceptors (Lipinski definition) is 3. The molecule has 0 atom stereocenters. The van der Waals surface area contributed by atoms with E-state index in [1.54, 1.807) is 0 Å². The van der Waals surface area contributed by atoms with Crippen LogP contribution in [0.1, 0.15) is 44.1 Å². The van der Waals surface area contributed by atoms with Crippen LogP contribution in [-0.4, -0.2) is 12.1 Å². The summed E-state index contributed by atoms with van der Waals surface area (Å²) in [5.74, 6) is 0.617. The number of halogens is 1. The van der Waals surface area contributed by atoms with Gasteiger partial charge in [-0.3, -0.25) is 0 Å². The average Bonchev–Trinajstić information content (AvgIpc) is 2.62. The molecule has 0 aliphatic heterocycles. The summed E-state index contributed by atoms with van der Waals surface area (Å²) in [6, 6.07) is 7.70. The number of ether oxygens (including phenoxy) is 1. The molecule has 1 aromatic carbocycles. The van der Waals surface area contributed by atoms with E-state index in [1.807, 2.05) is 18.2 Å². The third-order valence-electron chi connectivity index (χ3n) is 3.70. The van der Waals surface area contributed by atoms with Gasteiger partial charge in [-0.15, -0.1) is 0 Å². The molecule has 0 aromatic heterocycles. The van der Waals surface area contributed by atoms with E-state index in [0.717, 1.165) is 17.3 Å². The van der Waals surface area contributed by atoms with Gasteiger partial charge in [-0.25, -0.2) is 0 Å². The molecule has 0 heterocycles. The molecule has 1 aromatic rings. The highest BCUT2D eigenvalue weighted by molar-refractivity contribution is 9.10. The van der Waals surface area contributed by atoms with Gasteiger partial charge in [-0.05, 0) is 40.9 Å². The highest BCUT2D eigenvalue weighted by Crippen LogP contribution is 2.29. The van der Waals surface area contributed by atoms with Crippen molar-refractivity contribution in [3.63, 3.8) is 0 Å². The van der Waals surface area contributed by atoms with Crippen molar-refractivity contribution in [1.82, 2.24) is 0 Å². The molecule has 0 spiro atoms. The van der Waals surface area contributed by atoms with E-state index in [2.05, 4.69) is 22.0 Å². The van der Waals surface area contributed by atoms with Gasteiger partial charge in [0.2, 0.25) is 0 Å². The molecule has 1 saturated carbocycles. The Labute approximate surface area is 122 Å². The summed E-state index contributed by atoms with van der Waals surface area (Å²) >= 11 is 3.37. The highest BCUT2D eigenvalue weighted by Gasteiger charge is 2.27. The van der Waals surface area contributed by atoms with Crippen molar-refractivity contribution in [2.45, 2.75) is 44.1 Å². The molecule has 0 radical (unpaired) electrons. The Bertz CT molecular complexity index is 474. The van der Waals surface area contributed by atoms with Gasteiger partial charge in [0, 0.05) is 4.47 Å². The quantitative estimate of drug-likeness (QED) is 0.862. The van der Waals surface area contributed by atoms with Gasteiger partial charge in [-0.2, -0.15) is 5.26 Å². The van der Waals surface area contributed by atoms with Crippen LogP contribution in [0.4, 0.5) is 0 Å². The Balaban J connectivity index is 2.06. The fourth-order valence-electron chi connectivity index (χ4n) is 2.53. The normalized spacial score (nSPS) is 18.4. The van der Waals surface area contributed by atoms with Crippen molar-refractivity contribution in [2.24, 2.45) is 5.73 Å². The minimum atomic E-state index is -0.245. The lowest BCUT2D eigenvalue weighted by Crippen LogP contribution is -2.45. The van der Waals surface area contributed by atoms with E-state index >= 15 is 0 Å². The van der Waals surface area contributed by atoms with Gasteiger partial charge in [0.05, 0.1) is 5.54 Å². The first-order chi connectivity index (χ1) is 9.14. The molecule has 19 heavy (non-hydrogen) atoms. The third kappa shape index (κ3) is 3.71. The van der Waals surface area contributed by atoms with Gasteiger partial charge in [0.15, 0.2) is 0 Å². The van der Waals surface area contributed by atoms with E-state index in [-0.39, 0.29) is 5.54 Å². The SMILES string of the molecule is N#Cc1c(Br)cccc1OCC1(N)CCCCCC1. The van der Waals surface area contributed by atoms with Gasteiger partial charge in [-0.1, -0.05) is 31.7 Å². The summed E-state index contributed by atoms with van der Waals surface area (Å²) in [7, 11) is 0. The molecular formula is C15H19BrN2O. The first-order valence-corrected chi connectivity index (χ1v) is 7.54. The molecule has 1 aliphatic carbocycles. The molecule has 0 saturated heterocycles. The van der Waals surface area contributed by atoms with Crippen molar-refractivity contribution in [2.75, 3.05) is 6.61 Å². The monoisotopic (exact) mass is 322 g/mol. The van der Waals surface area contributed by atoms with Crippen LogP contribution >= 0.6 is 15.9 Å². The van der Waals surface area contributed by atoms with Crippen molar-refractivity contribution in [3.05, 3.63) is 28.2 Å². The zero-order chi connectivity index (χ0) is 13.7. The van der Waals surface area contributed by atoms with Crippen LogP contribution in [0.2, 0.25) is 0 Å². The predicted molar refractivity (Wildman–Crippen MR) is 79.0 cm³/mol. The lowest BCUT2D eigenvalue weighted by Gasteiger charge is -2.28. The number of rotatable bonds is 3. The van der Waals surface area contributed by atoms with Crippen LogP contribution < -0.4 is 10.5 Å². The van der Waals surface area contributed by atoms with Crippen LogP contribution in [0, 0.1) is 11.3 Å². The molecule has 2 N–H and O–H groups in total. The first-order valence-electron chi connectivity index (χ1n) is 6.75. The topological polar surface area (TPSA) is 59.0 Å². The molecule has 0 bridgehead atoms. The number of nitriles is 1. The summed E-state index contributed by atoms with van der Waals surface area (Å²) in [4.78, 5) is 0.